The van der Waals surface area contributed by atoms with Crippen LogP contribution in [0.4, 0.5) is 5.13 Å². The number of hydrogen-bond acceptors (Lipinski definition) is 5. The van der Waals surface area contributed by atoms with Gasteiger partial charge in [0.15, 0.2) is 0 Å². The van der Waals surface area contributed by atoms with E-state index < -0.39 is 0 Å². The third kappa shape index (κ3) is 2.42. The average Bonchev–Trinajstić information content (AvgIpc) is 2.94. The van der Waals surface area contributed by atoms with E-state index in [1.807, 2.05) is 32.0 Å². The van der Waals surface area contributed by atoms with E-state index in [2.05, 4.69) is 15.5 Å². The molecule has 0 aliphatic rings. The van der Waals surface area contributed by atoms with Crippen LogP contribution in [0.1, 0.15) is 20.2 Å². The summed E-state index contributed by atoms with van der Waals surface area (Å²) in [5.41, 5.74) is 1.14. The van der Waals surface area contributed by atoms with Gasteiger partial charge in [-0.15, -0.1) is 21.5 Å². The van der Waals surface area contributed by atoms with Gasteiger partial charge in [0.2, 0.25) is 5.13 Å². The first kappa shape index (κ1) is 13.5. The van der Waals surface area contributed by atoms with Gasteiger partial charge in [0.25, 0.3) is 5.91 Å². The summed E-state index contributed by atoms with van der Waals surface area (Å²) < 4.78 is 1.01. The topological polar surface area (TPSA) is 54.9 Å². The Balaban J connectivity index is 1.97. The minimum atomic E-state index is -0.245. The second-order valence-electron chi connectivity index (χ2n) is 4.33. The van der Waals surface area contributed by atoms with Crippen molar-refractivity contribution < 1.29 is 4.79 Å². The zero-order valence-electron chi connectivity index (χ0n) is 10.7. The average molecular weight is 324 g/mol. The number of nitrogens with one attached hydrogen (secondary N) is 1. The zero-order valence-corrected chi connectivity index (χ0v) is 13.1. The van der Waals surface area contributed by atoms with Crippen LogP contribution in [-0.2, 0) is 0 Å². The Hall–Kier alpha value is -1.50. The number of aromatic nitrogens is 2. The van der Waals surface area contributed by atoms with Crippen molar-refractivity contribution in [1.82, 2.24) is 10.2 Å². The number of anilines is 1. The Morgan fingerprint density at radius 3 is 2.75 bits per heavy atom. The van der Waals surface area contributed by atoms with Gasteiger partial charge < -0.3 is 0 Å². The molecule has 0 fully saturated rings. The molecule has 2 aromatic heterocycles. The van der Waals surface area contributed by atoms with Crippen molar-refractivity contribution in [1.29, 1.82) is 0 Å². The van der Waals surface area contributed by atoms with E-state index >= 15 is 0 Å². The molecule has 0 unspecified atom stereocenters. The maximum absolute atomic E-state index is 12.3. The first-order valence-electron chi connectivity index (χ1n) is 5.84. The first-order valence-corrected chi connectivity index (χ1v) is 7.86. The van der Waals surface area contributed by atoms with Crippen LogP contribution in [0.3, 0.4) is 0 Å². The molecule has 0 aliphatic carbocycles. The molecule has 0 saturated carbocycles. The van der Waals surface area contributed by atoms with Crippen LogP contribution >= 0.6 is 34.3 Å². The molecule has 3 rings (SSSR count). The molecule has 0 bridgehead atoms. The number of amides is 1. The van der Waals surface area contributed by atoms with E-state index in [0.717, 1.165) is 20.7 Å². The molecule has 20 heavy (non-hydrogen) atoms. The van der Waals surface area contributed by atoms with Crippen molar-refractivity contribution in [2.45, 2.75) is 13.8 Å². The van der Waals surface area contributed by atoms with E-state index in [1.54, 1.807) is 0 Å². The number of aryl methyl sites for hydroxylation is 2. The van der Waals surface area contributed by atoms with Crippen LogP contribution in [0.2, 0.25) is 5.02 Å². The fourth-order valence-electron chi connectivity index (χ4n) is 1.82. The second-order valence-corrected chi connectivity index (χ2v) is 6.94. The molecule has 0 aliphatic heterocycles. The smallest absolute Gasteiger partial charge is 0.269 e. The van der Waals surface area contributed by atoms with E-state index in [-0.39, 0.29) is 5.91 Å². The Bertz CT molecular complexity index is 809. The van der Waals surface area contributed by atoms with Crippen molar-refractivity contribution in [3.63, 3.8) is 0 Å². The van der Waals surface area contributed by atoms with Crippen LogP contribution in [0.5, 0.6) is 0 Å². The van der Waals surface area contributed by atoms with E-state index in [4.69, 9.17) is 11.6 Å². The fourth-order valence-corrected chi connectivity index (χ4v) is 3.92. The number of nitrogens with zero attached hydrogens (tertiary/aromatic N) is 2. The summed E-state index contributed by atoms with van der Waals surface area (Å²) in [5, 5.41) is 13.1. The van der Waals surface area contributed by atoms with Gasteiger partial charge in [0.1, 0.15) is 9.88 Å². The SMILES string of the molecule is Cc1ccc2c(Cl)c(C(=O)Nc3nnc(C)s3)sc2c1. The standard InChI is InChI=1S/C13H10ClN3OS2/c1-6-3-4-8-9(5-6)20-11(10(8)14)12(18)15-13-17-16-7(2)19-13/h3-5H,1-2H3,(H,15,17,18). The summed E-state index contributed by atoms with van der Waals surface area (Å²) in [4.78, 5) is 12.8. The molecule has 7 heteroatoms. The largest absolute Gasteiger partial charge is 0.296 e. The van der Waals surface area contributed by atoms with Crippen molar-refractivity contribution >= 4 is 55.4 Å². The van der Waals surface area contributed by atoms with Crippen LogP contribution < -0.4 is 5.32 Å². The van der Waals surface area contributed by atoms with Gasteiger partial charge in [0, 0.05) is 10.1 Å². The summed E-state index contributed by atoms with van der Waals surface area (Å²) in [6, 6.07) is 5.95. The molecule has 4 nitrogen and oxygen atoms in total. The van der Waals surface area contributed by atoms with Crippen molar-refractivity contribution in [3.05, 3.63) is 38.7 Å². The Kier molecular flexibility index (Phi) is 3.45. The van der Waals surface area contributed by atoms with E-state index in [0.29, 0.717) is 15.0 Å². The third-order valence-electron chi connectivity index (χ3n) is 2.74. The highest BCUT2D eigenvalue weighted by Gasteiger charge is 2.18. The maximum atomic E-state index is 12.3. The molecule has 3 aromatic rings. The van der Waals surface area contributed by atoms with Crippen molar-refractivity contribution in [2.24, 2.45) is 0 Å². The molecule has 0 spiro atoms. The minimum Gasteiger partial charge on any atom is -0.296 e. The lowest BCUT2D eigenvalue weighted by Gasteiger charge is -1.98. The molecule has 0 saturated heterocycles. The molecule has 0 atom stereocenters. The van der Waals surface area contributed by atoms with E-state index in [9.17, 15) is 4.79 Å². The monoisotopic (exact) mass is 323 g/mol. The predicted molar refractivity (Wildman–Crippen MR) is 84.2 cm³/mol. The molecule has 1 aromatic carbocycles. The summed E-state index contributed by atoms with van der Waals surface area (Å²) >= 11 is 9.01. The Labute approximate surface area is 128 Å². The number of hydrogen-bond donors (Lipinski definition) is 1. The number of rotatable bonds is 2. The summed E-state index contributed by atoms with van der Waals surface area (Å²) in [6.45, 7) is 3.85. The Morgan fingerprint density at radius 1 is 1.25 bits per heavy atom. The van der Waals surface area contributed by atoms with Gasteiger partial charge in [-0.05, 0) is 25.5 Å². The van der Waals surface area contributed by atoms with Gasteiger partial charge in [-0.25, -0.2) is 0 Å². The van der Waals surface area contributed by atoms with Crippen LogP contribution in [0, 0.1) is 13.8 Å². The van der Waals surface area contributed by atoms with Gasteiger partial charge in [-0.3, -0.25) is 10.1 Å². The highest BCUT2D eigenvalue weighted by atomic mass is 35.5. The molecule has 0 radical (unpaired) electrons. The predicted octanol–water partition coefficient (Wildman–Crippen LogP) is 4.28. The quantitative estimate of drug-likeness (QED) is 0.766. The van der Waals surface area contributed by atoms with Crippen molar-refractivity contribution in [2.75, 3.05) is 5.32 Å². The number of fused-ring (bicyclic) bond motifs is 1. The number of carbonyl (C=O) groups is 1. The van der Waals surface area contributed by atoms with Gasteiger partial charge in [0.05, 0.1) is 5.02 Å². The fraction of sp³-hybridized carbons (Fsp3) is 0.154. The first-order chi connectivity index (χ1) is 9.54. The number of carbonyl (C=O) groups excluding carboxylic acids is 1. The summed E-state index contributed by atoms with van der Waals surface area (Å²) in [7, 11) is 0. The molecular formula is C13H10ClN3OS2. The lowest BCUT2D eigenvalue weighted by molar-refractivity contribution is 0.103. The highest BCUT2D eigenvalue weighted by Crippen LogP contribution is 2.36. The zero-order chi connectivity index (χ0) is 14.3. The number of benzene rings is 1. The maximum Gasteiger partial charge on any atom is 0.269 e. The molecule has 102 valence electrons. The van der Waals surface area contributed by atoms with Gasteiger partial charge in [-0.2, -0.15) is 0 Å². The van der Waals surface area contributed by atoms with Crippen LogP contribution in [0.25, 0.3) is 10.1 Å². The normalized spacial score (nSPS) is 10.9. The number of thiophene rings is 1. The Morgan fingerprint density at radius 2 is 2.05 bits per heavy atom. The molecule has 1 amide bonds. The second kappa shape index (κ2) is 5.12. The molecule has 2 heterocycles. The van der Waals surface area contributed by atoms with Crippen LogP contribution in [-0.4, -0.2) is 16.1 Å². The van der Waals surface area contributed by atoms with Gasteiger partial charge in [-0.1, -0.05) is 35.1 Å². The number of halogens is 1. The van der Waals surface area contributed by atoms with Crippen LogP contribution in [0.15, 0.2) is 18.2 Å². The van der Waals surface area contributed by atoms with Gasteiger partial charge >= 0.3 is 0 Å². The highest BCUT2D eigenvalue weighted by molar-refractivity contribution is 7.22. The van der Waals surface area contributed by atoms with E-state index in [1.165, 1.54) is 22.7 Å². The lowest BCUT2D eigenvalue weighted by Crippen LogP contribution is -2.10. The molecular weight excluding hydrogens is 314 g/mol. The minimum absolute atomic E-state index is 0.245. The van der Waals surface area contributed by atoms with Crippen molar-refractivity contribution in [3.8, 4) is 0 Å². The summed E-state index contributed by atoms with van der Waals surface area (Å²) in [5.74, 6) is -0.245. The molecule has 1 N–H and O–H groups in total. The third-order valence-corrected chi connectivity index (χ3v) is 5.15. The summed E-state index contributed by atoms with van der Waals surface area (Å²) in [6.07, 6.45) is 0. The lowest BCUT2D eigenvalue weighted by atomic mass is 10.2.